The molecule has 1 heterocycles. The van der Waals surface area contributed by atoms with Gasteiger partial charge in [0.1, 0.15) is 0 Å². The van der Waals surface area contributed by atoms with Crippen LogP contribution in [0.15, 0.2) is 47.6 Å². The average Bonchev–Trinajstić information content (AvgIpc) is 2.90. The van der Waals surface area contributed by atoms with Gasteiger partial charge in [-0.1, -0.05) is 41.0 Å². The number of amidine groups is 1. The molecule has 0 radical (unpaired) electrons. The van der Waals surface area contributed by atoms with E-state index >= 15 is 0 Å². The molecule has 0 fully saturated rings. The number of hydrogen-bond donors (Lipinski definition) is 2. The number of anilines is 1. The number of oxime groups is 1. The predicted molar refractivity (Wildman–Crippen MR) is 80.3 cm³/mol. The number of rotatable bonds is 2. The van der Waals surface area contributed by atoms with Gasteiger partial charge in [0.2, 0.25) is 0 Å². The summed E-state index contributed by atoms with van der Waals surface area (Å²) in [6, 6.07) is 13.9. The van der Waals surface area contributed by atoms with E-state index in [0.717, 1.165) is 18.8 Å². The summed E-state index contributed by atoms with van der Waals surface area (Å²) in [5.41, 5.74) is 9.81. The number of nitrogens with zero attached hydrogens (tertiary/aromatic N) is 2. The molecule has 1 aliphatic heterocycles. The zero-order chi connectivity index (χ0) is 14.1. The number of hydrogen-bond acceptors (Lipinski definition) is 3. The van der Waals surface area contributed by atoms with Crippen molar-refractivity contribution in [2.75, 3.05) is 4.90 Å². The molecular weight excluding hydrogens is 274 g/mol. The fourth-order valence-electron chi connectivity index (χ4n) is 2.48. The van der Waals surface area contributed by atoms with Crippen LogP contribution >= 0.6 is 11.6 Å². The summed E-state index contributed by atoms with van der Waals surface area (Å²) in [5.74, 6) is 0.0197. The Hall–Kier alpha value is -2.20. The monoisotopic (exact) mass is 287 g/mol. The van der Waals surface area contributed by atoms with Gasteiger partial charge in [0.15, 0.2) is 5.84 Å². The third kappa shape index (κ3) is 2.18. The maximum atomic E-state index is 8.71. The van der Waals surface area contributed by atoms with Crippen molar-refractivity contribution in [3.05, 3.63) is 64.2 Å². The molecule has 0 saturated carbocycles. The van der Waals surface area contributed by atoms with Gasteiger partial charge in [-0.05, 0) is 29.3 Å². The van der Waals surface area contributed by atoms with Crippen molar-refractivity contribution < 1.29 is 5.21 Å². The minimum Gasteiger partial charge on any atom is -0.409 e. The van der Waals surface area contributed by atoms with E-state index in [9.17, 15) is 0 Å². The van der Waals surface area contributed by atoms with E-state index in [0.29, 0.717) is 10.6 Å². The van der Waals surface area contributed by atoms with Crippen LogP contribution in [0.25, 0.3) is 0 Å². The molecule has 0 atom stereocenters. The van der Waals surface area contributed by atoms with E-state index in [1.807, 2.05) is 12.1 Å². The molecular formula is C15H14ClN3O. The first-order valence-electron chi connectivity index (χ1n) is 6.28. The Morgan fingerprint density at radius 1 is 1.15 bits per heavy atom. The largest absolute Gasteiger partial charge is 0.409 e. The highest BCUT2D eigenvalue weighted by Crippen LogP contribution is 2.30. The van der Waals surface area contributed by atoms with Crippen LogP contribution in [-0.4, -0.2) is 11.0 Å². The molecule has 0 aliphatic carbocycles. The first-order chi connectivity index (χ1) is 9.69. The molecule has 3 rings (SSSR count). The Morgan fingerprint density at radius 2 is 1.80 bits per heavy atom. The normalized spacial score (nSPS) is 14.4. The van der Waals surface area contributed by atoms with Crippen molar-refractivity contribution >= 4 is 23.1 Å². The van der Waals surface area contributed by atoms with Crippen molar-refractivity contribution in [2.45, 2.75) is 13.1 Å². The molecule has 0 saturated heterocycles. The second kappa shape index (κ2) is 5.06. The fourth-order valence-corrected chi connectivity index (χ4v) is 2.75. The Labute approximate surface area is 122 Å². The lowest BCUT2D eigenvalue weighted by Crippen LogP contribution is -2.16. The Morgan fingerprint density at radius 3 is 2.35 bits per heavy atom. The van der Waals surface area contributed by atoms with Crippen LogP contribution in [0.1, 0.15) is 16.7 Å². The third-order valence-corrected chi connectivity index (χ3v) is 3.86. The molecule has 5 heteroatoms. The van der Waals surface area contributed by atoms with Gasteiger partial charge in [-0.3, -0.25) is 0 Å². The van der Waals surface area contributed by atoms with Gasteiger partial charge in [-0.2, -0.15) is 0 Å². The second-order valence-corrected chi connectivity index (χ2v) is 5.18. The minimum atomic E-state index is 0.0197. The van der Waals surface area contributed by atoms with Gasteiger partial charge in [0.25, 0.3) is 0 Å². The number of fused-ring (bicyclic) bond motifs is 1. The molecule has 0 amide bonds. The summed E-state index contributed by atoms with van der Waals surface area (Å²) in [6.45, 7) is 1.74. The summed E-state index contributed by atoms with van der Waals surface area (Å²) < 4.78 is 0. The summed E-state index contributed by atoms with van der Waals surface area (Å²) in [7, 11) is 0. The molecule has 1 aliphatic rings. The van der Waals surface area contributed by atoms with E-state index in [2.05, 4.69) is 34.3 Å². The fraction of sp³-hybridized carbons (Fsp3) is 0.133. The highest BCUT2D eigenvalue weighted by Gasteiger charge is 2.19. The van der Waals surface area contributed by atoms with Gasteiger partial charge < -0.3 is 15.8 Å². The number of benzene rings is 2. The first-order valence-corrected chi connectivity index (χ1v) is 6.66. The summed E-state index contributed by atoms with van der Waals surface area (Å²) in [4.78, 5) is 2.24. The van der Waals surface area contributed by atoms with Crippen LogP contribution in [0.4, 0.5) is 5.69 Å². The molecule has 0 unspecified atom stereocenters. The molecule has 4 nitrogen and oxygen atoms in total. The molecule has 0 aromatic heterocycles. The molecule has 102 valence electrons. The second-order valence-electron chi connectivity index (χ2n) is 4.77. The first kappa shape index (κ1) is 12.8. The predicted octanol–water partition coefficient (Wildman–Crippen LogP) is 2.95. The maximum Gasteiger partial charge on any atom is 0.171 e. The van der Waals surface area contributed by atoms with E-state index in [-0.39, 0.29) is 5.84 Å². The van der Waals surface area contributed by atoms with E-state index < -0.39 is 0 Å². The van der Waals surface area contributed by atoms with E-state index in [1.165, 1.54) is 11.1 Å². The van der Waals surface area contributed by atoms with Crippen LogP contribution in [-0.2, 0) is 13.1 Å². The lowest BCUT2D eigenvalue weighted by atomic mass is 10.1. The highest BCUT2D eigenvalue weighted by molar-refractivity contribution is 6.34. The molecule has 2 aromatic rings. The van der Waals surface area contributed by atoms with Crippen molar-refractivity contribution in [3.63, 3.8) is 0 Å². The van der Waals surface area contributed by atoms with Gasteiger partial charge in [0.05, 0.1) is 5.02 Å². The van der Waals surface area contributed by atoms with Crippen molar-refractivity contribution in [1.29, 1.82) is 0 Å². The molecule has 20 heavy (non-hydrogen) atoms. The van der Waals surface area contributed by atoms with Crippen LogP contribution in [0.5, 0.6) is 0 Å². The van der Waals surface area contributed by atoms with Gasteiger partial charge >= 0.3 is 0 Å². The highest BCUT2D eigenvalue weighted by atomic mass is 35.5. The quantitative estimate of drug-likeness (QED) is 0.386. The topological polar surface area (TPSA) is 61.9 Å². The molecule has 0 bridgehead atoms. The summed E-state index contributed by atoms with van der Waals surface area (Å²) in [6.07, 6.45) is 0. The maximum absolute atomic E-state index is 8.71. The van der Waals surface area contributed by atoms with Crippen LogP contribution in [0, 0.1) is 0 Å². The van der Waals surface area contributed by atoms with Crippen LogP contribution < -0.4 is 10.6 Å². The number of nitrogens with two attached hydrogens (primary N) is 1. The van der Waals surface area contributed by atoms with E-state index in [4.69, 9.17) is 22.5 Å². The molecule has 0 spiro atoms. The van der Waals surface area contributed by atoms with Crippen LogP contribution in [0.3, 0.4) is 0 Å². The standard InChI is InChI=1S/C15H14ClN3O/c16-14-7-12(5-6-13(14)15(17)18-20)19-8-10-3-1-2-4-11(10)9-19/h1-7,20H,8-9H2,(H2,17,18). The zero-order valence-electron chi connectivity index (χ0n) is 10.8. The Kier molecular flexibility index (Phi) is 3.24. The lowest BCUT2D eigenvalue weighted by Gasteiger charge is -2.18. The van der Waals surface area contributed by atoms with Gasteiger partial charge in [0, 0.05) is 24.3 Å². The molecule has 3 N–H and O–H groups in total. The lowest BCUT2D eigenvalue weighted by molar-refractivity contribution is 0.318. The zero-order valence-corrected chi connectivity index (χ0v) is 11.5. The smallest absolute Gasteiger partial charge is 0.171 e. The van der Waals surface area contributed by atoms with E-state index in [1.54, 1.807) is 6.07 Å². The third-order valence-electron chi connectivity index (χ3n) is 3.54. The van der Waals surface area contributed by atoms with Crippen molar-refractivity contribution in [1.82, 2.24) is 0 Å². The SMILES string of the molecule is NC(=NO)c1ccc(N2Cc3ccccc3C2)cc1Cl. The average molecular weight is 288 g/mol. The Bertz CT molecular complexity index is 660. The van der Waals surface area contributed by atoms with Gasteiger partial charge in [-0.15, -0.1) is 0 Å². The van der Waals surface area contributed by atoms with Gasteiger partial charge in [-0.25, -0.2) is 0 Å². The molecule has 2 aromatic carbocycles. The summed E-state index contributed by atoms with van der Waals surface area (Å²) in [5, 5.41) is 12.2. The van der Waals surface area contributed by atoms with Crippen LogP contribution in [0.2, 0.25) is 5.02 Å². The van der Waals surface area contributed by atoms with Crippen molar-refractivity contribution in [3.8, 4) is 0 Å². The Balaban J connectivity index is 1.89. The minimum absolute atomic E-state index is 0.0197. The van der Waals surface area contributed by atoms with Crippen molar-refractivity contribution in [2.24, 2.45) is 10.9 Å². The summed E-state index contributed by atoms with van der Waals surface area (Å²) >= 11 is 6.19. The number of halogens is 1.